The SMILES string of the molecule is CCOC(=O)c1ccc2nc(N3C4CC[C@H]3CC(OCC(C(=O)C3CC3)=C(N)C3CCC5(CC3)CC5)C4)sc2c1. The van der Waals surface area contributed by atoms with Gasteiger partial charge in [0, 0.05) is 29.3 Å². The van der Waals surface area contributed by atoms with Gasteiger partial charge in [0.1, 0.15) is 0 Å². The zero-order valence-electron chi connectivity index (χ0n) is 23.5. The first kappa shape index (κ1) is 26.4. The number of piperidine rings is 1. The van der Waals surface area contributed by atoms with Crippen LogP contribution >= 0.6 is 11.3 Å². The Morgan fingerprint density at radius 2 is 1.75 bits per heavy atom. The number of ether oxygens (including phenoxy) is 2. The number of thiazole rings is 1. The molecule has 7 rings (SSSR count). The molecule has 2 aliphatic heterocycles. The molecule has 2 aromatic rings. The molecule has 40 heavy (non-hydrogen) atoms. The lowest BCUT2D eigenvalue weighted by Crippen LogP contribution is -2.45. The van der Waals surface area contributed by atoms with E-state index in [2.05, 4.69) is 4.90 Å². The molecule has 214 valence electrons. The average molecular weight is 564 g/mol. The predicted octanol–water partition coefficient (Wildman–Crippen LogP) is 6.15. The molecule has 5 aliphatic rings. The number of anilines is 1. The lowest BCUT2D eigenvalue weighted by atomic mass is 9.77. The van der Waals surface area contributed by atoms with Gasteiger partial charge >= 0.3 is 5.97 Å². The molecule has 0 radical (unpaired) electrons. The minimum absolute atomic E-state index is 0.134. The second kappa shape index (κ2) is 10.4. The van der Waals surface area contributed by atoms with Crippen LogP contribution in [0.3, 0.4) is 0 Å². The average Bonchev–Trinajstić information content (AvgIpc) is 3.88. The molecule has 2 bridgehead atoms. The Kier molecular flexibility index (Phi) is 6.90. The van der Waals surface area contributed by atoms with Crippen LogP contribution in [-0.4, -0.2) is 48.1 Å². The third-order valence-electron chi connectivity index (χ3n) is 10.3. The van der Waals surface area contributed by atoms with Gasteiger partial charge in [-0.3, -0.25) is 4.79 Å². The molecule has 1 spiro atoms. The first-order chi connectivity index (χ1) is 19.4. The molecule has 8 heteroatoms. The van der Waals surface area contributed by atoms with E-state index in [1.165, 1.54) is 25.7 Å². The Morgan fingerprint density at radius 3 is 2.40 bits per heavy atom. The van der Waals surface area contributed by atoms with Crippen LogP contribution in [0, 0.1) is 17.3 Å². The van der Waals surface area contributed by atoms with E-state index in [9.17, 15) is 9.59 Å². The summed E-state index contributed by atoms with van der Waals surface area (Å²) >= 11 is 1.66. The molecule has 3 heterocycles. The number of hydrogen-bond acceptors (Lipinski definition) is 8. The van der Waals surface area contributed by atoms with Crippen molar-refractivity contribution in [3.8, 4) is 0 Å². The number of esters is 1. The monoisotopic (exact) mass is 563 g/mol. The number of nitrogens with zero attached hydrogens (tertiary/aromatic N) is 2. The lowest BCUT2D eigenvalue weighted by Gasteiger charge is -2.39. The van der Waals surface area contributed by atoms with Crippen molar-refractivity contribution in [3.63, 3.8) is 0 Å². The van der Waals surface area contributed by atoms with E-state index >= 15 is 0 Å². The fraction of sp³-hybridized carbons (Fsp3) is 0.656. The maximum Gasteiger partial charge on any atom is 0.338 e. The van der Waals surface area contributed by atoms with Crippen molar-refractivity contribution in [1.29, 1.82) is 0 Å². The summed E-state index contributed by atoms with van der Waals surface area (Å²) in [6.45, 7) is 2.55. The van der Waals surface area contributed by atoms with E-state index in [1.807, 2.05) is 19.1 Å². The van der Waals surface area contributed by atoms with E-state index in [-0.39, 0.29) is 23.8 Å². The maximum atomic E-state index is 13.3. The fourth-order valence-electron chi connectivity index (χ4n) is 7.49. The topological polar surface area (TPSA) is 94.7 Å². The van der Waals surface area contributed by atoms with E-state index in [1.54, 1.807) is 17.4 Å². The summed E-state index contributed by atoms with van der Waals surface area (Å²) < 4.78 is 12.7. The number of carbonyl (C=O) groups excluding carboxylic acids is 2. The van der Waals surface area contributed by atoms with E-state index in [4.69, 9.17) is 20.2 Å². The van der Waals surface area contributed by atoms with Gasteiger partial charge in [0.25, 0.3) is 0 Å². The normalized spacial score (nSPS) is 28.1. The Balaban J connectivity index is 1.03. The summed E-state index contributed by atoms with van der Waals surface area (Å²) in [5, 5.41) is 1.03. The molecule has 0 amide bonds. The Bertz CT molecular complexity index is 1320. The Morgan fingerprint density at radius 1 is 1.02 bits per heavy atom. The standard InChI is InChI=1S/C32H41N3O4S/c1-2-38-30(37)21-5-8-26-27(15-21)40-31(34-26)35-22-6-7-23(35)17-24(16-22)39-18-25(29(36)20-3-4-20)28(33)19-9-11-32(12-10-19)13-14-32/h5,8,15,19-20,22-24H,2-4,6-7,9-14,16-18,33H2,1H3/t22-,23?,24?/m0/s1. The van der Waals surface area contributed by atoms with Gasteiger partial charge < -0.3 is 20.1 Å². The highest BCUT2D eigenvalue weighted by atomic mass is 32.1. The molecule has 2 unspecified atom stereocenters. The van der Waals surface area contributed by atoms with Crippen LogP contribution in [0.1, 0.15) is 94.3 Å². The summed E-state index contributed by atoms with van der Waals surface area (Å²) in [6.07, 6.45) is 13.8. The molecule has 5 fully saturated rings. The number of rotatable bonds is 9. The molecule has 1 aromatic heterocycles. The van der Waals surface area contributed by atoms with Gasteiger partial charge in [-0.25, -0.2) is 9.78 Å². The largest absolute Gasteiger partial charge is 0.462 e. The number of benzene rings is 1. The molecular formula is C32H41N3O4S. The smallest absolute Gasteiger partial charge is 0.338 e. The second-order valence-electron chi connectivity index (χ2n) is 12.9. The van der Waals surface area contributed by atoms with Crippen molar-refractivity contribution in [1.82, 2.24) is 4.98 Å². The summed E-state index contributed by atoms with van der Waals surface area (Å²) in [5.41, 5.74) is 10.5. The van der Waals surface area contributed by atoms with Crippen LogP contribution in [0.2, 0.25) is 0 Å². The first-order valence-corrected chi connectivity index (χ1v) is 16.2. The van der Waals surface area contributed by atoms with Gasteiger partial charge in [0.05, 0.1) is 35.1 Å². The number of fused-ring (bicyclic) bond motifs is 3. The highest BCUT2D eigenvalue weighted by Gasteiger charge is 2.46. The van der Waals surface area contributed by atoms with Gasteiger partial charge in [0.15, 0.2) is 10.9 Å². The highest BCUT2D eigenvalue weighted by Crippen LogP contribution is 2.57. The molecule has 3 atom stereocenters. The number of allylic oxidation sites excluding steroid dienone is 1. The maximum absolute atomic E-state index is 13.3. The Hall–Kier alpha value is -2.45. The third kappa shape index (κ3) is 5.06. The second-order valence-corrected chi connectivity index (χ2v) is 14.0. The number of Topliss-reactive ketones (excluding diaryl/α,β-unsaturated/α-hetero) is 1. The van der Waals surface area contributed by atoms with Crippen LogP contribution < -0.4 is 10.6 Å². The summed E-state index contributed by atoms with van der Waals surface area (Å²) in [4.78, 5) is 32.9. The van der Waals surface area contributed by atoms with Crippen molar-refractivity contribution in [2.75, 3.05) is 18.1 Å². The highest BCUT2D eigenvalue weighted by molar-refractivity contribution is 7.22. The van der Waals surface area contributed by atoms with E-state index in [0.717, 1.165) is 78.0 Å². The van der Waals surface area contributed by atoms with Crippen LogP contribution in [-0.2, 0) is 14.3 Å². The van der Waals surface area contributed by atoms with Crippen molar-refractivity contribution in [3.05, 3.63) is 35.0 Å². The lowest BCUT2D eigenvalue weighted by molar-refractivity contribution is -0.117. The van der Waals surface area contributed by atoms with Gasteiger partial charge in [-0.1, -0.05) is 11.3 Å². The number of ketones is 1. The molecule has 1 aromatic carbocycles. The quantitative estimate of drug-likeness (QED) is 0.289. The van der Waals surface area contributed by atoms with Gasteiger partial charge in [0.2, 0.25) is 0 Å². The number of carbonyl (C=O) groups is 2. The number of hydrogen-bond donors (Lipinski definition) is 1. The minimum atomic E-state index is -0.290. The van der Waals surface area contributed by atoms with Gasteiger partial charge in [-0.15, -0.1) is 0 Å². The summed E-state index contributed by atoms with van der Waals surface area (Å²) in [7, 11) is 0. The predicted molar refractivity (Wildman–Crippen MR) is 156 cm³/mol. The molecule has 3 aliphatic carbocycles. The van der Waals surface area contributed by atoms with Gasteiger partial charge in [-0.05, 0) is 114 Å². The summed E-state index contributed by atoms with van der Waals surface area (Å²) in [5.74, 6) is 0.467. The molecular weight excluding hydrogens is 522 g/mol. The fourth-order valence-corrected chi connectivity index (χ4v) is 8.64. The molecule has 3 saturated carbocycles. The van der Waals surface area contributed by atoms with Crippen molar-refractivity contribution >= 4 is 38.4 Å². The van der Waals surface area contributed by atoms with E-state index in [0.29, 0.717) is 42.2 Å². The first-order valence-electron chi connectivity index (χ1n) is 15.4. The number of nitrogens with two attached hydrogens (primary N) is 1. The molecule has 7 nitrogen and oxygen atoms in total. The summed E-state index contributed by atoms with van der Waals surface area (Å²) in [6, 6.07) is 6.38. The van der Waals surface area contributed by atoms with Crippen LogP contribution in [0.15, 0.2) is 29.5 Å². The molecule has 2 N–H and O–H groups in total. The molecule has 2 saturated heterocycles. The zero-order chi connectivity index (χ0) is 27.4. The van der Waals surface area contributed by atoms with Crippen molar-refractivity contribution < 1.29 is 19.1 Å². The third-order valence-corrected chi connectivity index (χ3v) is 11.3. The van der Waals surface area contributed by atoms with Crippen molar-refractivity contribution in [2.45, 2.75) is 102 Å². The zero-order valence-corrected chi connectivity index (χ0v) is 24.3. The van der Waals surface area contributed by atoms with Crippen molar-refractivity contribution in [2.24, 2.45) is 23.0 Å². The van der Waals surface area contributed by atoms with E-state index < -0.39 is 0 Å². The van der Waals surface area contributed by atoms with Crippen LogP contribution in [0.25, 0.3) is 10.2 Å². The number of aromatic nitrogens is 1. The van der Waals surface area contributed by atoms with Gasteiger partial charge in [-0.2, -0.15) is 0 Å². The van der Waals surface area contributed by atoms with Crippen LogP contribution in [0.5, 0.6) is 0 Å². The van der Waals surface area contributed by atoms with Crippen LogP contribution in [0.4, 0.5) is 5.13 Å². The Labute approximate surface area is 240 Å². The minimum Gasteiger partial charge on any atom is -0.462 e.